The predicted molar refractivity (Wildman–Crippen MR) is 46.0 cm³/mol. The first kappa shape index (κ1) is 8.76. The molecule has 63 valence electrons. The van der Waals surface area contributed by atoms with Crippen LogP contribution in [0, 0.1) is 11.8 Å². The van der Waals surface area contributed by atoms with Gasteiger partial charge in [0.05, 0.1) is 0 Å². The number of carbonyl (C=O) groups excluding carboxylic acids is 1. The maximum atomic E-state index is 10.0. The first-order valence-electron chi connectivity index (χ1n) is 4.73. The third kappa shape index (κ3) is 3.04. The lowest BCUT2D eigenvalue weighted by Gasteiger charge is -1.95. The summed E-state index contributed by atoms with van der Waals surface area (Å²) in [6.45, 7) is 2.23. The molecule has 2 atom stereocenters. The van der Waals surface area contributed by atoms with Gasteiger partial charge >= 0.3 is 0 Å². The van der Waals surface area contributed by atoms with Crippen LogP contribution in [-0.4, -0.2) is 6.29 Å². The molecule has 0 aliphatic heterocycles. The van der Waals surface area contributed by atoms with Crippen molar-refractivity contribution in [3.8, 4) is 0 Å². The van der Waals surface area contributed by atoms with Crippen molar-refractivity contribution in [2.75, 3.05) is 0 Å². The summed E-state index contributed by atoms with van der Waals surface area (Å²) in [7, 11) is 0. The van der Waals surface area contributed by atoms with E-state index in [1.54, 1.807) is 0 Å². The van der Waals surface area contributed by atoms with Gasteiger partial charge in [0.15, 0.2) is 6.29 Å². The molecule has 1 aliphatic rings. The summed E-state index contributed by atoms with van der Waals surface area (Å²) in [6, 6.07) is 0. The van der Waals surface area contributed by atoms with Gasteiger partial charge < -0.3 is 0 Å². The van der Waals surface area contributed by atoms with E-state index in [2.05, 4.69) is 6.92 Å². The maximum Gasteiger partial charge on any atom is 0.198 e. The van der Waals surface area contributed by atoms with Gasteiger partial charge in [-0.1, -0.05) is 32.6 Å². The molecular formula is C10H17O. The van der Waals surface area contributed by atoms with E-state index in [1.807, 2.05) is 6.29 Å². The Kier molecular flexibility index (Phi) is 3.61. The van der Waals surface area contributed by atoms with Crippen LogP contribution in [0.4, 0.5) is 0 Å². The highest BCUT2D eigenvalue weighted by molar-refractivity contribution is 5.51. The lowest BCUT2D eigenvalue weighted by molar-refractivity contribution is 0.536. The molecule has 0 N–H and O–H groups in total. The third-order valence-corrected chi connectivity index (χ3v) is 2.59. The molecule has 2 unspecified atom stereocenters. The second-order valence-corrected chi connectivity index (χ2v) is 3.60. The molecule has 1 saturated carbocycles. The van der Waals surface area contributed by atoms with Gasteiger partial charge in [-0.05, 0) is 18.3 Å². The second kappa shape index (κ2) is 4.53. The third-order valence-electron chi connectivity index (χ3n) is 2.59. The number of rotatable bonds is 6. The Balaban J connectivity index is 1.91. The molecule has 1 fully saturated rings. The zero-order valence-corrected chi connectivity index (χ0v) is 7.31. The van der Waals surface area contributed by atoms with Crippen molar-refractivity contribution in [2.24, 2.45) is 11.8 Å². The Labute approximate surface area is 69.2 Å². The highest BCUT2D eigenvalue weighted by Gasteiger charge is 2.35. The van der Waals surface area contributed by atoms with E-state index < -0.39 is 0 Å². The molecule has 0 aromatic heterocycles. The van der Waals surface area contributed by atoms with Crippen molar-refractivity contribution in [1.29, 1.82) is 0 Å². The molecule has 0 aromatic rings. The van der Waals surface area contributed by atoms with Gasteiger partial charge in [-0.15, -0.1) is 0 Å². The molecule has 1 radical (unpaired) electrons. The summed E-state index contributed by atoms with van der Waals surface area (Å²) < 4.78 is 0. The minimum atomic E-state index is 0.691. The van der Waals surface area contributed by atoms with Gasteiger partial charge in [0, 0.05) is 6.42 Å². The van der Waals surface area contributed by atoms with Gasteiger partial charge in [-0.25, -0.2) is 0 Å². The van der Waals surface area contributed by atoms with Gasteiger partial charge in [0.1, 0.15) is 0 Å². The van der Waals surface area contributed by atoms with Crippen LogP contribution in [-0.2, 0) is 4.79 Å². The van der Waals surface area contributed by atoms with Crippen LogP contribution in [0.1, 0.15) is 45.4 Å². The smallest absolute Gasteiger partial charge is 0.198 e. The van der Waals surface area contributed by atoms with Gasteiger partial charge in [-0.2, -0.15) is 0 Å². The quantitative estimate of drug-likeness (QED) is 0.536. The summed E-state index contributed by atoms with van der Waals surface area (Å²) in [5.74, 6) is 1.59. The van der Waals surface area contributed by atoms with Crippen molar-refractivity contribution in [2.45, 2.75) is 45.4 Å². The van der Waals surface area contributed by atoms with Crippen molar-refractivity contribution in [1.82, 2.24) is 0 Å². The molecule has 1 rings (SSSR count). The number of hydrogen-bond acceptors (Lipinski definition) is 1. The second-order valence-electron chi connectivity index (χ2n) is 3.60. The fraction of sp³-hybridized carbons (Fsp3) is 0.900. The van der Waals surface area contributed by atoms with E-state index in [-0.39, 0.29) is 0 Å². The Morgan fingerprint density at radius 1 is 1.36 bits per heavy atom. The maximum absolute atomic E-state index is 10.0. The summed E-state index contributed by atoms with van der Waals surface area (Å²) in [5, 5.41) is 0. The van der Waals surface area contributed by atoms with Gasteiger partial charge in [0.2, 0.25) is 0 Å². The minimum absolute atomic E-state index is 0.691. The van der Waals surface area contributed by atoms with Crippen molar-refractivity contribution >= 4 is 6.29 Å². The average molecular weight is 153 g/mol. The fourth-order valence-corrected chi connectivity index (χ4v) is 1.68. The first-order valence-corrected chi connectivity index (χ1v) is 4.73. The molecule has 1 nitrogen and oxygen atoms in total. The van der Waals surface area contributed by atoms with Crippen LogP contribution in [0.15, 0.2) is 0 Å². The predicted octanol–water partition coefficient (Wildman–Crippen LogP) is 2.70. The molecule has 0 heterocycles. The van der Waals surface area contributed by atoms with E-state index in [1.165, 1.54) is 32.1 Å². The van der Waals surface area contributed by atoms with Gasteiger partial charge in [-0.3, -0.25) is 4.79 Å². The van der Waals surface area contributed by atoms with E-state index in [4.69, 9.17) is 0 Å². The number of unbranched alkanes of at least 4 members (excludes halogenated alkanes) is 2. The Morgan fingerprint density at radius 2 is 2.18 bits per heavy atom. The van der Waals surface area contributed by atoms with E-state index in [0.29, 0.717) is 12.3 Å². The molecule has 0 bridgehead atoms. The van der Waals surface area contributed by atoms with Crippen molar-refractivity contribution < 1.29 is 4.79 Å². The molecule has 0 aromatic carbocycles. The molecular weight excluding hydrogens is 136 g/mol. The van der Waals surface area contributed by atoms with Crippen LogP contribution < -0.4 is 0 Å². The minimum Gasteiger partial charge on any atom is -0.291 e. The van der Waals surface area contributed by atoms with Crippen LogP contribution in [0.2, 0.25) is 0 Å². The Bertz CT molecular complexity index is 120. The van der Waals surface area contributed by atoms with Crippen molar-refractivity contribution in [3.63, 3.8) is 0 Å². The molecule has 0 spiro atoms. The lowest BCUT2D eigenvalue weighted by Crippen LogP contribution is -1.84. The highest BCUT2D eigenvalue weighted by Crippen LogP contribution is 2.44. The average Bonchev–Trinajstić information content (AvgIpc) is 2.70. The standard InChI is InChI=1S/C10H17O/c1-2-3-4-5-9-8-10(9)6-7-11/h9-10H,2-6,8H2,1H3. The topological polar surface area (TPSA) is 17.1 Å². The van der Waals surface area contributed by atoms with E-state index in [9.17, 15) is 4.79 Å². The van der Waals surface area contributed by atoms with E-state index in [0.717, 1.165) is 5.92 Å². The molecule has 0 saturated heterocycles. The summed E-state index contributed by atoms with van der Waals surface area (Å²) in [6.07, 6.45) is 9.34. The summed E-state index contributed by atoms with van der Waals surface area (Å²) >= 11 is 0. The van der Waals surface area contributed by atoms with Crippen molar-refractivity contribution in [3.05, 3.63) is 0 Å². The number of hydrogen-bond donors (Lipinski definition) is 0. The zero-order valence-electron chi connectivity index (χ0n) is 7.31. The fourth-order valence-electron chi connectivity index (χ4n) is 1.68. The van der Waals surface area contributed by atoms with Crippen LogP contribution in [0.25, 0.3) is 0 Å². The zero-order chi connectivity index (χ0) is 8.10. The lowest BCUT2D eigenvalue weighted by atomic mass is 10.1. The monoisotopic (exact) mass is 153 g/mol. The Morgan fingerprint density at radius 3 is 2.82 bits per heavy atom. The molecule has 11 heavy (non-hydrogen) atoms. The summed E-state index contributed by atoms with van der Waals surface area (Å²) in [5.41, 5.74) is 0. The Hall–Kier alpha value is -0.330. The summed E-state index contributed by atoms with van der Waals surface area (Å²) in [4.78, 5) is 10.0. The molecule has 0 amide bonds. The van der Waals surface area contributed by atoms with Gasteiger partial charge in [0.25, 0.3) is 0 Å². The first-order chi connectivity index (χ1) is 5.38. The highest BCUT2D eigenvalue weighted by atomic mass is 16.1. The normalized spacial score (nSPS) is 28.5. The van der Waals surface area contributed by atoms with Crippen LogP contribution in [0.5, 0.6) is 0 Å². The van der Waals surface area contributed by atoms with Crippen LogP contribution >= 0.6 is 0 Å². The van der Waals surface area contributed by atoms with E-state index >= 15 is 0 Å². The largest absolute Gasteiger partial charge is 0.291 e. The van der Waals surface area contributed by atoms with Crippen LogP contribution in [0.3, 0.4) is 0 Å². The SMILES string of the molecule is CCCCCC1CC1C[C]=O. The molecule has 1 heteroatoms. The molecule has 1 aliphatic carbocycles.